The van der Waals surface area contributed by atoms with Crippen LogP contribution in [0.15, 0.2) is 29.3 Å². The number of nitrogens with two attached hydrogens (primary N) is 1. The second kappa shape index (κ2) is 6.75. The van der Waals surface area contributed by atoms with Gasteiger partial charge in [0.2, 0.25) is 0 Å². The Morgan fingerprint density at radius 1 is 1.35 bits per heavy atom. The molecule has 0 saturated heterocycles. The van der Waals surface area contributed by atoms with Crippen molar-refractivity contribution in [3.63, 3.8) is 0 Å². The molecule has 1 aliphatic rings. The van der Waals surface area contributed by atoms with Crippen LogP contribution in [0, 0.1) is 0 Å². The summed E-state index contributed by atoms with van der Waals surface area (Å²) in [4.78, 5) is 6.68. The van der Waals surface area contributed by atoms with Gasteiger partial charge in [0, 0.05) is 6.04 Å². The first-order chi connectivity index (χ1) is 9.60. The van der Waals surface area contributed by atoms with Gasteiger partial charge in [0.05, 0.1) is 12.6 Å². The van der Waals surface area contributed by atoms with E-state index in [0.717, 1.165) is 6.42 Å². The fourth-order valence-electron chi connectivity index (χ4n) is 2.21. The van der Waals surface area contributed by atoms with Crippen LogP contribution in [-0.2, 0) is 6.42 Å². The summed E-state index contributed by atoms with van der Waals surface area (Å²) in [6.07, 6.45) is 3.50. The van der Waals surface area contributed by atoms with Crippen molar-refractivity contribution in [2.24, 2.45) is 10.7 Å². The highest BCUT2D eigenvalue weighted by Gasteiger charge is 2.21. The summed E-state index contributed by atoms with van der Waals surface area (Å²) < 4.78 is 0. The van der Waals surface area contributed by atoms with E-state index in [-0.39, 0.29) is 6.04 Å². The molecule has 110 valence electrons. The summed E-state index contributed by atoms with van der Waals surface area (Å²) in [6, 6.07) is 9.61. The molecular formula is C16H26N4. The number of nitrogens with zero attached hydrogens (tertiary/aromatic N) is 2. The van der Waals surface area contributed by atoms with Crippen molar-refractivity contribution in [1.82, 2.24) is 10.2 Å². The highest BCUT2D eigenvalue weighted by Crippen LogP contribution is 2.20. The van der Waals surface area contributed by atoms with Crippen molar-refractivity contribution in [1.29, 1.82) is 0 Å². The van der Waals surface area contributed by atoms with Crippen LogP contribution in [0.5, 0.6) is 0 Å². The molecule has 20 heavy (non-hydrogen) atoms. The van der Waals surface area contributed by atoms with Crippen molar-refractivity contribution in [3.05, 3.63) is 35.4 Å². The molecule has 1 unspecified atom stereocenters. The molecule has 4 heteroatoms. The van der Waals surface area contributed by atoms with Crippen LogP contribution in [-0.4, -0.2) is 37.5 Å². The number of benzene rings is 1. The number of nitrogens with one attached hydrogen (secondary N) is 1. The van der Waals surface area contributed by atoms with Crippen molar-refractivity contribution in [2.75, 3.05) is 20.6 Å². The van der Waals surface area contributed by atoms with Gasteiger partial charge < -0.3 is 16.0 Å². The van der Waals surface area contributed by atoms with Crippen molar-refractivity contribution in [2.45, 2.75) is 38.3 Å². The molecule has 0 spiro atoms. The van der Waals surface area contributed by atoms with Crippen LogP contribution in [0.4, 0.5) is 0 Å². The highest BCUT2D eigenvalue weighted by atomic mass is 15.2. The molecule has 0 aliphatic heterocycles. The molecule has 1 saturated carbocycles. The SMILES string of the molecule is CCc1ccc(C(CN=C(N)NC2CC2)N(C)C)cc1. The second-order valence-electron chi connectivity index (χ2n) is 5.72. The van der Waals surface area contributed by atoms with Gasteiger partial charge in [-0.15, -0.1) is 0 Å². The molecule has 1 aromatic carbocycles. The molecule has 1 aromatic rings. The van der Waals surface area contributed by atoms with Gasteiger partial charge in [-0.2, -0.15) is 0 Å². The van der Waals surface area contributed by atoms with Gasteiger partial charge in [-0.1, -0.05) is 31.2 Å². The first-order valence-electron chi connectivity index (χ1n) is 7.42. The number of aliphatic imine (C=N–C) groups is 1. The summed E-state index contributed by atoms with van der Waals surface area (Å²) in [7, 11) is 4.16. The van der Waals surface area contributed by atoms with Gasteiger partial charge in [-0.05, 0) is 44.5 Å². The number of rotatable bonds is 6. The van der Waals surface area contributed by atoms with Crippen molar-refractivity contribution >= 4 is 5.96 Å². The first-order valence-corrected chi connectivity index (χ1v) is 7.42. The van der Waals surface area contributed by atoms with Crippen LogP contribution in [0.25, 0.3) is 0 Å². The zero-order valence-electron chi connectivity index (χ0n) is 12.8. The number of hydrogen-bond acceptors (Lipinski definition) is 2. The average molecular weight is 274 g/mol. The lowest BCUT2D eigenvalue weighted by Crippen LogP contribution is -2.34. The molecule has 3 N–H and O–H groups in total. The highest BCUT2D eigenvalue weighted by molar-refractivity contribution is 5.78. The Labute approximate surface area is 122 Å². The molecule has 0 bridgehead atoms. The molecule has 1 aliphatic carbocycles. The molecule has 4 nitrogen and oxygen atoms in total. The van der Waals surface area contributed by atoms with Crippen LogP contribution in [0.1, 0.15) is 36.9 Å². The van der Waals surface area contributed by atoms with Crippen LogP contribution in [0.2, 0.25) is 0 Å². The van der Waals surface area contributed by atoms with E-state index < -0.39 is 0 Å². The molecular weight excluding hydrogens is 248 g/mol. The van der Waals surface area contributed by atoms with Crippen molar-refractivity contribution < 1.29 is 0 Å². The normalized spacial score (nSPS) is 17.3. The van der Waals surface area contributed by atoms with Gasteiger partial charge in [-0.25, -0.2) is 0 Å². The predicted octanol–water partition coefficient (Wildman–Crippen LogP) is 1.92. The van der Waals surface area contributed by atoms with Gasteiger partial charge in [0.25, 0.3) is 0 Å². The molecule has 0 amide bonds. The van der Waals surface area contributed by atoms with E-state index in [2.05, 4.69) is 60.5 Å². The third kappa shape index (κ3) is 4.23. The lowest BCUT2D eigenvalue weighted by Gasteiger charge is -2.23. The maximum Gasteiger partial charge on any atom is 0.188 e. The largest absolute Gasteiger partial charge is 0.370 e. The van der Waals surface area contributed by atoms with E-state index in [9.17, 15) is 0 Å². The predicted molar refractivity (Wildman–Crippen MR) is 84.9 cm³/mol. The summed E-state index contributed by atoms with van der Waals surface area (Å²) in [5.74, 6) is 0.574. The number of aryl methyl sites for hydroxylation is 1. The second-order valence-corrected chi connectivity index (χ2v) is 5.72. The van der Waals surface area contributed by atoms with Crippen LogP contribution in [0.3, 0.4) is 0 Å². The summed E-state index contributed by atoms with van der Waals surface area (Å²) in [5.41, 5.74) is 8.56. The molecule has 0 aromatic heterocycles. The lowest BCUT2D eigenvalue weighted by molar-refractivity contribution is 0.306. The minimum atomic E-state index is 0.264. The zero-order valence-corrected chi connectivity index (χ0v) is 12.8. The van der Waals surface area contributed by atoms with Crippen LogP contribution >= 0.6 is 0 Å². The molecule has 1 fully saturated rings. The Bertz CT molecular complexity index is 446. The van der Waals surface area contributed by atoms with E-state index in [1.165, 1.54) is 24.0 Å². The zero-order chi connectivity index (χ0) is 14.5. The van der Waals surface area contributed by atoms with Gasteiger partial charge >= 0.3 is 0 Å². The Morgan fingerprint density at radius 3 is 2.50 bits per heavy atom. The van der Waals surface area contributed by atoms with Gasteiger partial charge in [0.1, 0.15) is 0 Å². The van der Waals surface area contributed by atoms with E-state index in [4.69, 9.17) is 5.73 Å². The summed E-state index contributed by atoms with van der Waals surface area (Å²) in [6.45, 7) is 2.86. The standard InChI is InChI=1S/C16H26N4/c1-4-12-5-7-13(8-6-12)15(20(2)3)11-18-16(17)19-14-9-10-14/h5-8,14-15H,4,9-11H2,1-3H3,(H3,17,18,19). The molecule has 2 rings (SSSR count). The fourth-order valence-corrected chi connectivity index (χ4v) is 2.21. The minimum Gasteiger partial charge on any atom is -0.370 e. The van der Waals surface area contributed by atoms with E-state index in [0.29, 0.717) is 18.5 Å². The average Bonchev–Trinajstić information content (AvgIpc) is 3.23. The topological polar surface area (TPSA) is 53.6 Å². The van der Waals surface area contributed by atoms with E-state index >= 15 is 0 Å². The van der Waals surface area contributed by atoms with E-state index in [1.807, 2.05) is 0 Å². The number of likely N-dealkylation sites (N-methyl/N-ethyl adjacent to an activating group) is 1. The Kier molecular flexibility index (Phi) is 5.01. The monoisotopic (exact) mass is 274 g/mol. The number of guanidine groups is 1. The third-order valence-electron chi connectivity index (χ3n) is 3.76. The number of hydrogen-bond donors (Lipinski definition) is 2. The van der Waals surface area contributed by atoms with Gasteiger partial charge in [0.15, 0.2) is 5.96 Å². The smallest absolute Gasteiger partial charge is 0.188 e. The lowest BCUT2D eigenvalue weighted by atomic mass is 10.0. The summed E-state index contributed by atoms with van der Waals surface area (Å²) >= 11 is 0. The molecule has 0 heterocycles. The maximum atomic E-state index is 5.91. The minimum absolute atomic E-state index is 0.264. The van der Waals surface area contributed by atoms with Gasteiger partial charge in [-0.3, -0.25) is 4.99 Å². The maximum absolute atomic E-state index is 5.91. The fraction of sp³-hybridized carbons (Fsp3) is 0.562. The van der Waals surface area contributed by atoms with Crippen molar-refractivity contribution in [3.8, 4) is 0 Å². The quantitative estimate of drug-likeness (QED) is 0.615. The van der Waals surface area contributed by atoms with Crippen LogP contribution < -0.4 is 11.1 Å². The molecule has 0 radical (unpaired) electrons. The third-order valence-corrected chi connectivity index (χ3v) is 3.76. The summed E-state index contributed by atoms with van der Waals surface area (Å²) in [5, 5.41) is 3.23. The van der Waals surface area contributed by atoms with E-state index in [1.54, 1.807) is 0 Å². The molecule has 1 atom stereocenters. The Balaban J connectivity index is 2.01. The Morgan fingerprint density at radius 2 is 2.00 bits per heavy atom. The first kappa shape index (κ1) is 14.9. The Hall–Kier alpha value is -1.55.